The number of carboxylic acid groups (broad SMARTS) is 2. The van der Waals surface area contributed by atoms with Crippen LogP contribution in [-0.4, -0.2) is 27.1 Å². The van der Waals surface area contributed by atoms with Crippen LogP contribution in [0.3, 0.4) is 0 Å². The van der Waals surface area contributed by atoms with Gasteiger partial charge < -0.3 is 10.2 Å². The topological polar surface area (TPSA) is 87.5 Å². The number of fused-ring (bicyclic) bond motifs is 1. The fraction of sp³-hybridized carbons (Fsp3) is 0. The summed E-state index contributed by atoms with van der Waals surface area (Å²) in [6, 6.07) is 4.58. The first-order valence-electron chi connectivity index (χ1n) is 4.56. The molecule has 0 radical (unpaired) electrons. The first kappa shape index (κ1) is 11.5. The Kier molecular flexibility index (Phi) is 2.81. The summed E-state index contributed by atoms with van der Waals surface area (Å²) in [4.78, 5) is 25.8. The third-order valence-electron chi connectivity index (χ3n) is 2.29. The predicted octanol–water partition coefficient (Wildman–Crippen LogP) is 2.39. The molecule has 0 aliphatic carbocycles. The number of hydrogen-bond donors (Lipinski definition) is 2. The highest BCUT2D eigenvalue weighted by Gasteiger charge is 2.16. The van der Waals surface area contributed by atoms with E-state index >= 15 is 0 Å². The summed E-state index contributed by atoms with van der Waals surface area (Å²) in [5.74, 6) is -2.22. The van der Waals surface area contributed by atoms with Crippen LogP contribution in [0.5, 0.6) is 0 Å². The van der Waals surface area contributed by atoms with Crippen molar-refractivity contribution >= 4 is 38.8 Å². The van der Waals surface area contributed by atoms with Crippen LogP contribution in [-0.2, 0) is 0 Å². The van der Waals surface area contributed by atoms with Gasteiger partial charge >= 0.3 is 11.9 Å². The lowest BCUT2D eigenvalue weighted by atomic mass is 10.1. The molecule has 0 unspecified atom stereocenters. The second-order valence-electron chi connectivity index (χ2n) is 3.30. The first-order valence-corrected chi connectivity index (χ1v) is 5.35. The van der Waals surface area contributed by atoms with E-state index in [1.165, 1.54) is 6.07 Å². The van der Waals surface area contributed by atoms with Gasteiger partial charge in [-0.05, 0) is 22.0 Å². The van der Waals surface area contributed by atoms with Crippen LogP contribution in [0.1, 0.15) is 20.7 Å². The van der Waals surface area contributed by atoms with Gasteiger partial charge in [-0.1, -0.05) is 12.1 Å². The van der Waals surface area contributed by atoms with E-state index in [0.717, 1.165) is 6.20 Å². The minimum absolute atomic E-state index is 0.0000359. The summed E-state index contributed by atoms with van der Waals surface area (Å²) in [5, 5.41) is 18.4. The van der Waals surface area contributed by atoms with Gasteiger partial charge in [-0.15, -0.1) is 0 Å². The molecule has 1 aromatic carbocycles. The van der Waals surface area contributed by atoms with Crippen LogP contribution >= 0.6 is 15.9 Å². The summed E-state index contributed by atoms with van der Waals surface area (Å²) in [7, 11) is 0. The highest BCUT2D eigenvalue weighted by molar-refractivity contribution is 9.10. The zero-order valence-electron chi connectivity index (χ0n) is 8.35. The normalized spacial score (nSPS) is 10.4. The van der Waals surface area contributed by atoms with Gasteiger partial charge in [0.2, 0.25) is 0 Å². The second kappa shape index (κ2) is 4.14. The van der Waals surface area contributed by atoms with E-state index in [1.54, 1.807) is 12.1 Å². The second-order valence-corrected chi connectivity index (χ2v) is 4.09. The highest BCUT2D eigenvalue weighted by atomic mass is 79.9. The molecule has 0 atom stereocenters. The Labute approximate surface area is 104 Å². The Bertz CT molecular complexity index is 639. The van der Waals surface area contributed by atoms with Crippen molar-refractivity contribution < 1.29 is 19.8 Å². The van der Waals surface area contributed by atoms with Crippen molar-refractivity contribution in [2.45, 2.75) is 0 Å². The van der Waals surface area contributed by atoms with E-state index in [2.05, 4.69) is 20.9 Å². The Morgan fingerprint density at radius 2 is 1.76 bits per heavy atom. The van der Waals surface area contributed by atoms with Gasteiger partial charge in [-0.2, -0.15) is 0 Å². The number of nitrogens with zero attached hydrogens (tertiary/aromatic N) is 1. The molecule has 0 saturated heterocycles. The van der Waals surface area contributed by atoms with Crippen LogP contribution in [0, 0.1) is 0 Å². The summed E-state index contributed by atoms with van der Waals surface area (Å²) < 4.78 is 0.332. The average Bonchev–Trinajstić information content (AvgIpc) is 2.28. The molecular formula is C11H6BrNO4. The van der Waals surface area contributed by atoms with Gasteiger partial charge in [0.1, 0.15) is 0 Å². The molecule has 0 saturated carbocycles. The zero-order valence-corrected chi connectivity index (χ0v) is 9.93. The Morgan fingerprint density at radius 3 is 2.35 bits per heavy atom. The zero-order chi connectivity index (χ0) is 12.6. The number of carboxylic acids is 2. The molecule has 2 rings (SSSR count). The summed E-state index contributed by atoms with van der Waals surface area (Å²) in [6.07, 6.45) is 1.14. The van der Waals surface area contributed by atoms with E-state index in [1.807, 2.05) is 0 Å². The Balaban J connectivity index is 2.85. The summed E-state index contributed by atoms with van der Waals surface area (Å²) in [5.41, 5.74) is 0.303. The van der Waals surface area contributed by atoms with Gasteiger partial charge in [0.25, 0.3) is 0 Å². The monoisotopic (exact) mass is 295 g/mol. The summed E-state index contributed by atoms with van der Waals surface area (Å²) in [6.45, 7) is 0. The molecule has 2 aromatic rings. The number of benzene rings is 1. The lowest BCUT2D eigenvalue weighted by Crippen LogP contribution is -2.03. The van der Waals surface area contributed by atoms with Crippen molar-refractivity contribution in [3.05, 3.63) is 40.0 Å². The molecule has 2 N–H and O–H groups in total. The van der Waals surface area contributed by atoms with E-state index in [4.69, 9.17) is 10.2 Å². The van der Waals surface area contributed by atoms with Crippen LogP contribution in [0.15, 0.2) is 28.9 Å². The standard InChI is InChI=1S/C11H6BrNO4/c12-8-5-2-1-3-6(10(14)15)9(5)13-4-7(8)11(16)17/h1-4H,(H,14,15)(H,16,17). The minimum atomic E-state index is -1.12. The number of pyridine rings is 1. The van der Waals surface area contributed by atoms with E-state index < -0.39 is 11.9 Å². The predicted molar refractivity (Wildman–Crippen MR) is 63.4 cm³/mol. The number of carbonyl (C=O) groups is 2. The smallest absolute Gasteiger partial charge is 0.338 e. The van der Waals surface area contributed by atoms with Gasteiger partial charge in [0.15, 0.2) is 0 Å². The molecule has 86 valence electrons. The number of aromatic nitrogens is 1. The van der Waals surface area contributed by atoms with E-state index in [-0.39, 0.29) is 16.6 Å². The van der Waals surface area contributed by atoms with E-state index in [9.17, 15) is 9.59 Å². The molecule has 0 aliphatic heterocycles. The fourth-order valence-electron chi connectivity index (χ4n) is 1.51. The number of para-hydroxylation sites is 1. The largest absolute Gasteiger partial charge is 0.478 e. The molecule has 0 amide bonds. The number of rotatable bonds is 2. The third kappa shape index (κ3) is 1.87. The number of aromatic carboxylic acids is 2. The fourth-order valence-corrected chi connectivity index (χ4v) is 2.10. The lowest BCUT2D eigenvalue weighted by Gasteiger charge is -2.05. The Hall–Kier alpha value is -1.95. The van der Waals surface area contributed by atoms with Crippen LogP contribution in [0.25, 0.3) is 10.9 Å². The highest BCUT2D eigenvalue weighted by Crippen LogP contribution is 2.28. The molecule has 0 fully saturated rings. The van der Waals surface area contributed by atoms with Crippen molar-refractivity contribution in [3.8, 4) is 0 Å². The summed E-state index contributed by atoms with van der Waals surface area (Å²) >= 11 is 3.15. The van der Waals surface area contributed by atoms with Crippen molar-refractivity contribution in [2.24, 2.45) is 0 Å². The van der Waals surface area contributed by atoms with Gasteiger partial charge in [0, 0.05) is 16.1 Å². The van der Waals surface area contributed by atoms with Crippen LogP contribution in [0.2, 0.25) is 0 Å². The number of halogens is 1. The maximum absolute atomic E-state index is 11.0. The first-order chi connectivity index (χ1) is 8.02. The van der Waals surface area contributed by atoms with Gasteiger partial charge in [0.05, 0.1) is 16.6 Å². The maximum atomic E-state index is 11.0. The molecule has 0 bridgehead atoms. The molecule has 1 aromatic heterocycles. The molecule has 1 heterocycles. The maximum Gasteiger partial charge on any atom is 0.338 e. The van der Waals surface area contributed by atoms with Crippen molar-refractivity contribution in [1.82, 2.24) is 4.98 Å². The van der Waals surface area contributed by atoms with Crippen LogP contribution in [0.4, 0.5) is 0 Å². The van der Waals surface area contributed by atoms with Gasteiger partial charge in [-0.25, -0.2) is 9.59 Å². The number of hydrogen-bond acceptors (Lipinski definition) is 3. The minimum Gasteiger partial charge on any atom is -0.478 e. The molecule has 17 heavy (non-hydrogen) atoms. The third-order valence-corrected chi connectivity index (χ3v) is 3.15. The molecule has 6 heteroatoms. The molecule has 0 spiro atoms. The van der Waals surface area contributed by atoms with Crippen molar-refractivity contribution in [1.29, 1.82) is 0 Å². The van der Waals surface area contributed by atoms with Gasteiger partial charge in [-0.3, -0.25) is 4.98 Å². The quantitative estimate of drug-likeness (QED) is 0.888. The Morgan fingerprint density at radius 1 is 1.12 bits per heavy atom. The SMILES string of the molecule is O=C(O)c1cnc2c(C(=O)O)cccc2c1Br. The van der Waals surface area contributed by atoms with E-state index in [0.29, 0.717) is 9.86 Å². The average molecular weight is 296 g/mol. The van der Waals surface area contributed by atoms with Crippen molar-refractivity contribution in [2.75, 3.05) is 0 Å². The molecular weight excluding hydrogens is 290 g/mol. The van der Waals surface area contributed by atoms with Crippen LogP contribution < -0.4 is 0 Å². The molecule has 5 nitrogen and oxygen atoms in total. The lowest BCUT2D eigenvalue weighted by molar-refractivity contribution is 0.0687. The van der Waals surface area contributed by atoms with Crippen molar-refractivity contribution in [3.63, 3.8) is 0 Å². The molecule has 0 aliphatic rings.